The summed E-state index contributed by atoms with van der Waals surface area (Å²) in [6.07, 6.45) is 1.52. The highest BCUT2D eigenvalue weighted by atomic mass is 16.5. The number of carbonyl (C=O) groups excluding carboxylic acids is 1. The van der Waals surface area contributed by atoms with E-state index in [1.165, 1.54) is 7.11 Å². The predicted octanol–water partition coefficient (Wildman–Crippen LogP) is 0.185. The Morgan fingerprint density at radius 3 is 2.76 bits per heavy atom. The van der Waals surface area contributed by atoms with Crippen LogP contribution in [0, 0.1) is 0 Å². The number of amides is 1. The van der Waals surface area contributed by atoms with Crippen molar-refractivity contribution in [3.8, 4) is 0 Å². The molecule has 17 heavy (non-hydrogen) atoms. The van der Waals surface area contributed by atoms with Crippen LogP contribution < -0.4 is 5.32 Å². The zero-order valence-electron chi connectivity index (χ0n) is 9.98. The topological polar surface area (TPSA) is 84.9 Å². The number of methoxy groups -OCH3 is 1. The molecule has 0 rings (SSSR count). The second kappa shape index (κ2) is 9.80. The highest BCUT2D eigenvalue weighted by Crippen LogP contribution is 1.92. The fourth-order valence-electron chi connectivity index (χ4n) is 1.07. The molecule has 0 aromatic heterocycles. The Balaban J connectivity index is 3.58. The van der Waals surface area contributed by atoms with Gasteiger partial charge in [-0.3, -0.25) is 4.79 Å². The summed E-state index contributed by atoms with van der Waals surface area (Å²) in [5.41, 5.74) is 0. The molecule has 0 saturated heterocycles. The summed E-state index contributed by atoms with van der Waals surface area (Å²) in [5.74, 6) is -1.31. The van der Waals surface area contributed by atoms with Crippen LogP contribution in [0.25, 0.3) is 0 Å². The minimum absolute atomic E-state index is 0.0296. The van der Waals surface area contributed by atoms with Gasteiger partial charge in [-0.25, -0.2) is 4.79 Å². The van der Waals surface area contributed by atoms with E-state index in [9.17, 15) is 9.59 Å². The number of rotatable bonds is 10. The number of ether oxygens (including phenoxy) is 2. The monoisotopic (exact) mass is 245 g/mol. The fraction of sp³-hybridized carbons (Fsp3) is 0.636. The Bertz CT molecular complexity index is 254. The maximum absolute atomic E-state index is 11.3. The van der Waals surface area contributed by atoms with Gasteiger partial charge in [-0.2, -0.15) is 0 Å². The molecule has 1 amide bonds. The molecule has 6 nitrogen and oxygen atoms in total. The standard InChI is InChI=1S/C11H19NO5/c1-3-6-17-7-4-5-10(13)12-8-9(16-2)11(14)15/h3,9H,1,4-8H2,2H3,(H,12,13)(H,14,15). The van der Waals surface area contributed by atoms with Gasteiger partial charge in [-0.05, 0) is 6.42 Å². The molecule has 0 heterocycles. The van der Waals surface area contributed by atoms with Gasteiger partial charge < -0.3 is 19.9 Å². The van der Waals surface area contributed by atoms with Gasteiger partial charge in [0.25, 0.3) is 0 Å². The van der Waals surface area contributed by atoms with Crippen LogP contribution in [-0.4, -0.2) is 50.0 Å². The van der Waals surface area contributed by atoms with Crippen molar-refractivity contribution in [3.63, 3.8) is 0 Å². The molecule has 1 unspecified atom stereocenters. The number of aliphatic carboxylic acids is 1. The first kappa shape index (κ1) is 15.6. The third kappa shape index (κ3) is 8.41. The van der Waals surface area contributed by atoms with Crippen LogP contribution in [0.4, 0.5) is 0 Å². The van der Waals surface area contributed by atoms with Gasteiger partial charge in [0, 0.05) is 20.1 Å². The lowest BCUT2D eigenvalue weighted by atomic mass is 10.3. The second-order valence-corrected chi connectivity index (χ2v) is 3.33. The predicted molar refractivity (Wildman–Crippen MR) is 61.7 cm³/mol. The Hall–Kier alpha value is -1.40. The lowest BCUT2D eigenvalue weighted by molar-refractivity contribution is -0.148. The van der Waals surface area contributed by atoms with E-state index in [1.807, 2.05) is 0 Å². The third-order valence-corrected chi connectivity index (χ3v) is 1.97. The molecule has 0 aromatic rings. The van der Waals surface area contributed by atoms with Gasteiger partial charge >= 0.3 is 5.97 Å². The van der Waals surface area contributed by atoms with E-state index >= 15 is 0 Å². The maximum atomic E-state index is 11.3. The Kier molecular flexibility index (Phi) is 8.99. The molecule has 0 spiro atoms. The summed E-state index contributed by atoms with van der Waals surface area (Å²) in [6, 6.07) is 0. The summed E-state index contributed by atoms with van der Waals surface area (Å²) in [6.45, 7) is 4.41. The Morgan fingerprint density at radius 1 is 1.53 bits per heavy atom. The van der Waals surface area contributed by atoms with Crippen LogP contribution >= 0.6 is 0 Å². The smallest absolute Gasteiger partial charge is 0.334 e. The van der Waals surface area contributed by atoms with Crippen LogP contribution in [0.1, 0.15) is 12.8 Å². The first-order chi connectivity index (χ1) is 8.11. The number of hydrogen-bond acceptors (Lipinski definition) is 4. The summed E-state index contributed by atoms with van der Waals surface area (Å²) in [5, 5.41) is 11.1. The molecule has 0 radical (unpaired) electrons. The van der Waals surface area contributed by atoms with Crippen LogP contribution in [0.15, 0.2) is 12.7 Å². The largest absolute Gasteiger partial charge is 0.479 e. The molecular formula is C11H19NO5. The van der Waals surface area contributed by atoms with Crippen molar-refractivity contribution in [2.24, 2.45) is 0 Å². The van der Waals surface area contributed by atoms with Crippen molar-refractivity contribution in [2.75, 3.05) is 26.9 Å². The van der Waals surface area contributed by atoms with Gasteiger partial charge in [-0.1, -0.05) is 6.08 Å². The quantitative estimate of drug-likeness (QED) is 0.424. The first-order valence-electron chi connectivity index (χ1n) is 5.32. The van der Waals surface area contributed by atoms with Crippen molar-refractivity contribution in [2.45, 2.75) is 18.9 Å². The van der Waals surface area contributed by atoms with Crippen LogP contribution in [-0.2, 0) is 19.1 Å². The summed E-state index contributed by atoms with van der Waals surface area (Å²) < 4.78 is 9.77. The third-order valence-electron chi connectivity index (χ3n) is 1.97. The van der Waals surface area contributed by atoms with E-state index < -0.39 is 12.1 Å². The molecule has 98 valence electrons. The van der Waals surface area contributed by atoms with Crippen molar-refractivity contribution in [1.29, 1.82) is 0 Å². The molecule has 0 aromatic carbocycles. The van der Waals surface area contributed by atoms with Crippen molar-refractivity contribution in [3.05, 3.63) is 12.7 Å². The average Bonchev–Trinajstić information content (AvgIpc) is 2.29. The molecule has 0 saturated carbocycles. The summed E-state index contributed by atoms with van der Waals surface area (Å²) in [7, 11) is 1.29. The fourth-order valence-corrected chi connectivity index (χ4v) is 1.07. The van der Waals surface area contributed by atoms with Crippen LogP contribution in [0.2, 0.25) is 0 Å². The Labute approximate surface area is 101 Å². The number of carboxylic acid groups (broad SMARTS) is 1. The van der Waals surface area contributed by atoms with E-state index in [0.717, 1.165) is 0 Å². The second-order valence-electron chi connectivity index (χ2n) is 3.33. The lowest BCUT2D eigenvalue weighted by Crippen LogP contribution is -2.37. The van der Waals surface area contributed by atoms with Gasteiger partial charge in [0.05, 0.1) is 13.2 Å². The summed E-state index contributed by atoms with van der Waals surface area (Å²) in [4.78, 5) is 21.9. The average molecular weight is 245 g/mol. The minimum atomic E-state index is -1.10. The molecule has 0 aliphatic heterocycles. The summed E-state index contributed by atoms with van der Waals surface area (Å²) >= 11 is 0. The van der Waals surface area contributed by atoms with Gasteiger partial charge in [0.2, 0.25) is 5.91 Å². The molecular weight excluding hydrogens is 226 g/mol. The molecule has 0 fully saturated rings. The van der Waals surface area contributed by atoms with E-state index in [0.29, 0.717) is 26.1 Å². The van der Waals surface area contributed by atoms with Crippen molar-refractivity contribution < 1.29 is 24.2 Å². The molecule has 6 heteroatoms. The zero-order chi connectivity index (χ0) is 13.1. The number of nitrogens with one attached hydrogen (secondary N) is 1. The van der Waals surface area contributed by atoms with Crippen LogP contribution in [0.3, 0.4) is 0 Å². The number of hydrogen-bond donors (Lipinski definition) is 2. The highest BCUT2D eigenvalue weighted by molar-refractivity contribution is 5.78. The van der Waals surface area contributed by atoms with E-state index in [-0.39, 0.29) is 12.5 Å². The van der Waals surface area contributed by atoms with E-state index in [2.05, 4.69) is 16.6 Å². The van der Waals surface area contributed by atoms with Gasteiger partial charge in [0.15, 0.2) is 6.10 Å². The molecule has 1 atom stereocenters. The van der Waals surface area contributed by atoms with Crippen molar-refractivity contribution in [1.82, 2.24) is 5.32 Å². The molecule has 0 aliphatic rings. The normalized spacial score (nSPS) is 11.8. The zero-order valence-corrected chi connectivity index (χ0v) is 9.98. The Morgan fingerprint density at radius 2 is 2.24 bits per heavy atom. The maximum Gasteiger partial charge on any atom is 0.334 e. The number of carboxylic acids is 1. The SMILES string of the molecule is C=CCOCCCC(=O)NCC(OC)C(=O)O. The van der Waals surface area contributed by atoms with Gasteiger partial charge in [0.1, 0.15) is 0 Å². The molecule has 2 N–H and O–H groups in total. The lowest BCUT2D eigenvalue weighted by Gasteiger charge is -2.11. The number of carbonyl (C=O) groups is 2. The van der Waals surface area contributed by atoms with E-state index in [4.69, 9.17) is 9.84 Å². The van der Waals surface area contributed by atoms with Crippen LogP contribution in [0.5, 0.6) is 0 Å². The minimum Gasteiger partial charge on any atom is -0.479 e. The highest BCUT2D eigenvalue weighted by Gasteiger charge is 2.16. The van der Waals surface area contributed by atoms with Crippen molar-refractivity contribution >= 4 is 11.9 Å². The van der Waals surface area contributed by atoms with E-state index in [1.54, 1.807) is 6.08 Å². The molecule has 0 bridgehead atoms. The van der Waals surface area contributed by atoms with Gasteiger partial charge in [-0.15, -0.1) is 6.58 Å². The molecule has 0 aliphatic carbocycles. The first-order valence-corrected chi connectivity index (χ1v) is 5.32.